The van der Waals surface area contributed by atoms with Crippen LogP contribution in [0.4, 0.5) is 24.9 Å². The molecule has 2 fully saturated rings. The van der Waals surface area contributed by atoms with Crippen molar-refractivity contribution in [3.63, 3.8) is 0 Å². The van der Waals surface area contributed by atoms with Gasteiger partial charge in [-0.15, -0.1) is 0 Å². The Balaban J connectivity index is 1.44. The van der Waals surface area contributed by atoms with Crippen LogP contribution < -0.4 is 9.80 Å². The number of carbonyl (C=O) groups is 1. The second-order valence-electron chi connectivity index (χ2n) is 12.2. The molecular formula is C32H36F3N7O. The van der Waals surface area contributed by atoms with Crippen molar-refractivity contribution in [3.05, 3.63) is 70.2 Å². The Hall–Kier alpha value is -4.02. The van der Waals surface area contributed by atoms with Crippen molar-refractivity contribution in [3.8, 4) is 0 Å². The summed E-state index contributed by atoms with van der Waals surface area (Å²) in [5, 5.41) is 5.54. The highest BCUT2D eigenvalue weighted by molar-refractivity contribution is 5.93. The van der Waals surface area contributed by atoms with Crippen LogP contribution in [0.5, 0.6) is 0 Å². The van der Waals surface area contributed by atoms with Gasteiger partial charge in [-0.3, -0.25) is 9.48 Å². The summed E-state index contributed by atoms with van der Waals surface area (Å²) in [7, 11) is 1.89. The van der Waals surface area contributed by atoms with Crippen molar-refractivity contribution < 1.29 is 18.0 Å². The number of alkyl halides is 3. The minimum absolute atomic E-state index is 0.138. The zero-order valence-electron chi connectivity index (χ0n) is 24.9. The van der Waals surface area contributed by atoms with Crippen LogP contribution in [0.2, 0.25) is 0 Å². The van der Waals surface area contributed by atoms with Crippen molar-refractivity contribution in [2.75, 3.05) is 22.9 Å². The topological polar surface area (TPSA) is 80.0 Å². The van der Waals surface area contributed by atoms with E-state index in [0.29, 0.717) is 41.0 Å². The fourth-order valence-electron chi connectivity index (χ4n) is 5.64. The number of benzene rings is 1. The second kappa shape index (κ2) is 11.2. The van der Waals surface area contributed by atoms with E-state index < -0.39 is 11.7 Å². The number of aryl methyl sites for hydroxylation is 3. The molecule has 43 heavy (non-hydrogen) atoms. The number of hydrogen-bond donors (Lipinski definition) is 0. The number of ketones is 1. The number of rotatable bonds is 11. The molecule has 0 saturated heterocycles. The van der Waals surface area contributed by atoms with Crippen LogP contribution in [0.3, 0.4) is 0 Å². The Kier molecular flexibility index (Phi) is 7.60. The minimum Gasteiger partial charge on any atom is -0.356 e. The summed E-state index contributed by atoms with van der Waals surface area (Å²) in [6.45, 7) is 7.36. The largest absolute Gasteiger partial charge is 0.416 e. The van der Waals surface area contributed by atoms with Gasteiger partial charge in [-0.1, -0.05) is 11.6 Å². The van der Waals surface area contributed by atoms with Crippen LogP contribution in [-0.2, 0) is 26.3 Å². The third kappa shape index (κ3) is 6.65. The lowest BCUT2D eigenvalue weighted by atomic mass is 10.1. The third-order valence-corrected chi connectivity index (χ3v) is 8.23. The van der Waals surface area contributed by atoms with Gasteiger partial charge in [0.2, 0.25) is 5.95 Å². The van der Waals surface area contributed by atoms with Gasteiger partial charge in [0.05, 0.1) is 16.8 Å². The summed E-state index contributed by atoms with van der Waals surface area (Å²) in [5.74, 6) is 2.32. The van der Waals surface area contributed by atoms with Gasteiger partial charge in [0.1, 0.15) is 5.82 Å². The molecule has 4 aromatic rings. The van der Waals surface area contributed by atoms with Crippen LogP contribution in [0.1, 0.15) is 70.9 Å². The molecule has 0 aliphatic heterocycles. The number of fused-ring (bicyclic) bond motifs is 1. The maximum Gasteiger partial charge on any atom is 0.416 e. The first kappa shape index (κ1) is 29.1. The van der Waals surface area contributed by atoms with Gasteiger partial charge < -0.3 is 9.80 Å². The Morgan fingerprint density at radius 3 is 2.19 bits per heavy atom. The molecule has 8 nitrogen and oxygen atoms in total. The molecule has 0 spiro atoms. The Bertz CT molecular complexity index is 1640. The van der Waals surface area contributed by atoms with E-state index in [4.69, 9.17) is 4.98 Å². The standard InChI is InChI=1S/C32H36F3N7O/c1-19-9-24(11-27(10-19)32(33,34)35)17-42(31-36-13-26(14-37-31)21(3)43)18-25-12-28-20(2)39-40(4)30(28)38-29(25)41(15-22-5-6-22)16-23-7-8-23/h9-14,22-23H,5-8,15-18H2,1-4H3. The number of pyridine rings is 1. The number of anilines is 2. The molecule has 3 aromatic heterocycles. The molecule has 226 valence electrons. The molecule has 2 aliphatic rings. The fourth-order valence-corrected chi connectivity index (χ4v) is 5.64. The van der Waals surface area contributed by atoms with Crippen molar-refractivity contribution in [2.45, 2.75) is 65.7 Å². The van der Waals surface area contributed by atoms with Gasteiger partial charge in [0, 0.05) is 56.6 Å². The molecule has 0 unspecified atom stereocenters. The number of halogens is 3. The number of hydrogen-bond acceptors (Lipinski definition) is 7. The lowest BCUT2D eigenvalue weighted by molar-refractivity contribution is -0.137. The first-order valence-electron chi connectivity index (χ1n) is 14.8. The smallest absolute Gasteiger partial charge is 0.356 e. The van der Waals surface area contributed by atoms with E-state index in [9.17, 15) is 18.0 Å². The lowest BCUT2D eigenvalue weighted by Crippen LogP contribution is -2.32. The van der Waals surface area contributed by atoms with Gasteiger partial charge in [0.25, 0.3) is 0 Å². The zero-order chi connectivity index (χ0) is 30.5. The number of aromatic nitrogens is 5. The van der Waals surface area contributed by atoms with Crippen LogP contribution in [0.25, 0.3) is 11.0 Å². The van der Waals surface area contributed by atoms with E-state index in [0.717, 1.165) is 47.3 Å². The van der Waals surface area contributed by atoms with E-state index in [-0.39, 0.29) is 12.3 Å². The zero-order valence-corrected chi connectivity index (χ0v) is 24.9. The third-order valence-electron chi connectivity index (χ3n) is 8.23. The Labute approximate surface area is 248 Å². The lowest BCUT2D eigenvalue weighted by Gasteiger charge is -2.29. The highest BCUT2D eigenvalue weighted by atomic mass is 19.4. The number of carbonyl (C=O) groups excluding carboxylic acids is 1. The van der Waals surface area contributed by atoms with Crippen molar-refractivity contribution >= 4 is 28.6 Å². The summed E-state index contributed by atoms with van der Waals surface area (Å²) in [6.07, 6.45) is 3.31. The molecule has 0 radical (unpaired) electrons. The highest BCUT2D eigenvalue weighted by Gasteiger charge is 2.33. The van der Waals surface area contributed by atoms with Gasteiger partial charge in [-0.05, 0) is 82.1 Å². The SMILES string of the molecule is CC(=O)c1cnc(N(Cc2cc(C)cc(C(F)(F)F)c2)Cc2cc3c(C)nn(C)c3nc2N(CC2CC2)CC2CC2)nc1. The minimum atomic E-state index is -4.46. The van der Waals surface area contributed by atoms with Gasteiger partial charge >= 0.3 is 6.18 Å². The molecule has 0 atom stereocenters. The van der Waals surface area contributed by atoms with E-state index in [1.165, 1.54) is 51.1 Å². The first-order chi connectivity index (χ1) is 20.4. The van der Waals surface area contributed by atoms with Gasteiger partial charge in [-0.25, -0.2) is 15.0 Å². The summed E-state index contributed by atoms with van der Waals surface area (Å²) >= 11 is 0. The average molecular weight is 592 g/mol. The summed E-state index contributed by atoms with van der Waals surface area (Å²) < 4.78 is 43.0. The van der Waals surface area contributed by atoms with E-state index in [1.807, 2.05) is 18.9 Å². The normalized spacial score (nSPS) is 15.2. The molecule has 3 heterocycles. The van der Waals surface area contributed by atoms with E-state index in [2.05, 4.69) is 26.0 Å². The predicted molar refractivity (Wildman–Crippen MR) is 159 cm³/mol. The Morgan fingerprint density at radius 2 is 1.60 bits per heavy atom. The van der Waals surface area contributed by atoms with Crippen LogP contribution in [0, 0.1) is 25.7 Å². The first-order valence-corrected chi connectivity index (χ1v) is 14.8. The molecule has 2 aliphatic carbocycles. The van der Waals surface area contributed by atoms with Crippen LogP contribution in [0.15, 0.2) is 36.7 Å². The maximum absolute atomic E-state index is 13.7. The second-order valence-corrected chi connectivity index (χ2v) is 12.2. The average Bonchev–Trinajstić information content (AvgIpc) is 3.88. The molecule has 0 N–H and O–H groups in total. The molecule has 1 aromatic carbocycles. The molecule has 0 amide bonds. The number of nitrogens with zero attached hydrogens (tertiary/aromatic N) is 7. The van der Waals surface area contributed by atoms with Crippen LogP contribution >= 0.6 is 0 Å². The van der Waals surface area contributed by atoms with Crippen molar-refractivity contribution in [1.82, 2.24) is 24.7 Å². The summed E-state index contributed by atoms with van der Waals surface area (Å²) in [5.41, 5.74) is 3.29. The Morgan fingerprint density at radius 1 is 0.953 bits per heavy atom. The predicted octanol–water partition coefficient (Wildman–Crippen LogP) is 6.43. The maximum atomic E-state index is 13.7. The molecule has 6 rings (SSSR count). The quantitative estimate of drug-likeness (QED) is 0.186. The van der Waals surface area contributed by atoms with Gasteiger partial charge in [-0.2, -0.15) is 18.3 Å². The van der Waals surface area contributed by atoms with Crippen molar-refractivity contribution in [2.24, 2.45) is 18.9 Å². The molecular weight excluding hydrogens is 555 g/mol. The van der Waals surface area contributed by atoms with Crippen molar-refractivity contribution in [1.29, 1.82) is 0 Å². The van der Waals surface area contributed by atoms with Crippen LogP contribution in [-0.4, -0.2) is 43.6 Å². The monoisotopic (exact) mass is 591 g/mol. The molecule has 11 heteroatoms. The highest BCUT2D eigenvalue weighted by Crippen LogP contribution is 2.38. The van der Waals surface area contributed by atoms with Gasteiger partial charge in [0.15, 0.2) is 11.4 Å². The summed E-state index contributed by atoms with van der Waals surface area (Å²) in [4.78, 5) is 30.3. The van der Waals surface area contributed by atoms with E-state index >= 15 is 0 Å². The summed E-state index contributed by atoms with van der Waals surface area (Å²) in [6, 6.07) is 6.21. The van der Waals surface area contributed by atoms with E-state index in [1.54, 1.807) is 17.7 Å². The molecule has 0 bridgehead atoms. The number of Topliss-reactive ketones (excluding diaryl/α,β-unsaturated/α-hetero) is 1. The fraction of sp³-hybridized carbons (Fsp3) is 0.469. The molecule has 2 saturated carbocycles.